The molecule has 0 aliphatic carbocycles. The van der Waals surface area contributed by atoms with Gasteiger partial charge >= 0.3 is 0 Å². The van der Waals surface area contributed by atoms with Gasteiger partial charge in [-0.15, -0.1) is 0 Å². The summed E-state index contributed by atoms with van der Waals surface area (Å²) in [6, 6.07) is 5.84. The normalized spacial score (nSPS) is 25.6. The Morgan fingerprint density at radius 1 is 1.26 bits per heavy atom. The van der Waals surface area contributed by atoms with Crippen LogP contribution in [0.5, 0.6) is 0 Å². The van der Waals surface area contributed by atoms with Crippen molar-refractivity contribution in [2.24, 2.45) is 5.92 Å². The minimum Gasteiger partial charge on any atom is -0.378 e. The van der Waals surface area contributed by atoms with E-state index >= 15 is 0 Å². The first-order valence-corrected chi connectivity index (χ1v) is 7.96. The van der Waals surface area contributed by atoms with Crippen molar-refractivity contribution in [3.8, 4) is 0 Å². The Hall–Kier alpha value is -1.95. The second-order valence-electron chi connectivity index (χ2n) is 6.05. The fraction of sp³-hybridized carbons (Fsp3) is 0.529. The number of benzene rings is 1. The predicted molar refractivity (Wildman–Crippen MR) is 82.0 cm³/mol. The summed E-state index contributed by atoms with van der Waals surface area (Å²) in [5, 5.41) is 0. The standard InChI is InChI=1S/C17H21FN2O3/c1-19-15(21)7-6-13(17(22)20-8-10-23-11-9-20)16(19)12-4-2-3-5-14(12)18/h2-5,13,16H,6-11H2,1H3/t13-,16+/m1/s1. The summed E-state index contributed by atoms with van der Waals surface area (Å²) in [7, 11) is 1.65. The maximum absolute atomic E-state index is 14.3. The van der Waals surface area contributed by atoms with Gasteiger partial charge in [-0.2, -0.15) is 0 Å². The maximum atomic E-state index is 14.3. The summed E-state index contributed by atoms with van der Waals surface area (Å²) < 4.78 is 19.6. The molecule has 0 N–H and O–H groups in total. The zero-order chi connectivity index (χ0) is 16.4. The van der Waals surface area contributed by atoms with Crippen molar-refractivity contribution in [2.45, 2.75) is 18.9 Å². The third-order valence-electron chi connectivity index (χ3n) is 4.72. The van der Waals surface area contributed by atoms with Gasteiger partial charge in [0.2, 0.25) is 11.8 Å². The van der Waals surface area contributed by atoms with Crippen LogP contribution in [0.3, 0.4) is 0 Å². The molecule has 23 heavy (non-hydrogen) atoms. The Morgan fingerprint density at radius 2 is 1.96 bits per heavy atom. The Bertz CT molecular complexity index is 601. The molecule has 1 aromatic rings. The lowest BCUT2D eigenvalue weighted by Crippen LogP contribution is -2.50. The summed E-state index contributed by atoms with van der Waals surface area (Å²) in [6.07, 6.45) is 0.778. The highest BCUT2D eigenvalue weighted by Crippen LogP contribution is 2.38. The van der Waals surface area contributed by atoms with E-state index in [1.807, 2.05) is 0 Å². The molecule has 0 aromatic heterocycles. The molecule has 0 radical (unpaired) electrons. The summed E-state index contributed by atoms with van der Waals surface area (Å²) >= 11 is 0. The van der Waals surface area contributed by atoms with Crippen LogP contribution in [-0.2, 0) is 14.3 Å². The lowest BCUT2D eigenvalue weighted by atomic mass is 9.83. The van der Waals surface area contributed by atoms with Crippen LogP contribution in [0.25, 0.3) is 0 Å². The number of ether oxygens (including phenoxy) is 1. The van der Waals surface area contributed by atoms with E-state index in [-0.39, 0.29) is 17.6 Å². The number of rotatable bonds is 2. The van der Waals surface area contributed by atoms with Gasteiger partial charge in [-0.1, -0.05) is 18.2 Å². The lowest BCUT2D eigenvalue weighted by Gasteiger charge is -2.41. The average Bonchev–Trinajstić information content (AvgIpc) is 2.58. The molecular formula is C17H21FN2O3. The molecule has 0 bridgehead atoms. The van der Waals surface area contributed by atoms with E-state index in [1.165, 1.54) is 11.0 Å². The zero-order valence-electron chi connectivity index (χ0n) is 13.2. The minimum atomic E-state index is -0.548. The van der Waals surface area contributed by atoms with E-state index in [0.29, 0.717) is 44.7 Å². The second-order valence-corrected chi connectivity index (χ2v) is 6.05. The molecule has 124 valence electrons. The minimum absolute atomic E-state index is 0.0131. The molecule has 2 amide bonds. The van der Waals surface area contributed by atoms with Crippen LogP contribution >= 0.6 is 0 Å². The Labute approximate surface area is 135 Å². The third kappa shape index (κ3) is 3.08. The zero-order valence-corrected chi connectivity index (χ0v) is 13.2. The SMILES string of the molecule is CN1C(=O)CC[C@@H](C(=O)N2CCOCC2)[C@@H]1c1ccccc1F. The molecule has 2 saturated heterocycles. The number of hydrogen-bond acceptors (Lipinski definition) is 3. The monoisotopic (exact) mass is 320 g/mol. The highest BCUT2D eigenvalue weighted by molar-refractivity contribution is 5.85. The quantitative estimate of drug-likeness (QED) is 0.831. The van der Waals surface area contributed by atoms with Crippen molar-refractivity contribution in [3.63, 3.8) is 0 Å². The number of halogens is 1. The average molecular weight is 320 g/mol. The number of piperidine rings is 1. The fourth-order valence-electron chi connectivity index (χ4n) is 3.46. The largest absolute Gasteiger partial charge is 0.378 e. The first kappa shape index (κ1) is 15.9. The highest BCUT2D eigenvalue weighted by Gasteiger charge is 2.41. The van der Waals surface area contributed by atoms with E-state index in [1.54, 1.807) is 30.1 Å². The number of nitrogens with zero attached hydrogens (tertiary/aromatic N) is 2. The van der Waals surface area contributed by atoms with E-state index in [2.05, 4.69) is 0 Å². The van der Waals surface area contributed by atoms with E-state index in [9.17, 15) is 14.0 Å². The predicted octanol–water partition coefficient (Wildman–Crippen LogP) is 1.59. The summed E-state index contributed by atoms with van der Waals surface area (Å²) in [5.74, 6) is -0.850. The Balaban J connectivity index is 1.91. The van der Waals surface area contributed by atoms with Crippen molar-refractivity contribution in [1.29, 1.82) is 0 Å². The highest BCUT2D eigenvalue weighted by atomic mass is 19.1. The molecule has 2 aliphatic heterocycles. The Kier molecular flexibility index (Phi) is 4.61. The number of carbonyl (C=O) groups excluding carboxylic acids is 2. The molecule has 2 fully saturated rings. The molecule has 0 unspecified atom stereocenters. The number of carbonyl (C=O) groups is 2. The molecule has 2 atom stereocenters. The van der Waals surface area contributed by atoms with Gasteiger partial charge in [-0.05, 0) is 12.5 Å². The van der Waals surface area contributed by atoms with Crippen molar-refractivity contribution in [1.82, 2.24) is 9.80 Å². The second kappa shape index (κ2) is 6.66. The summed E-state index contributed by atoms with van der Waals surface area (Å²) in [5.41, 5.74) is 0.412. The van der Waals surface area contributed by atoms with E-state index < -0.39 is 12.0 Å². The molecule has 5 nitrogen and oxygen atoms in total. The number of morpholine rings is 1. The topological polar surface area (TPSA) is 49.9 Å². The van der Waals surface area contributed by atoms with Crippen molar-refractivity contribution < 1.29 is 18.7 Å². The number of likely N-dealkylation sites (tertiary alicyclic amines) is 1. The number of amides is 2. The molecule has 3 rings (SSSR count). The summed E-state index contributed by atoms with van der Waals surface area (Å²) in [4.78, 5) is 28.3. The van der Waals surface area contributed by atoms with Crippen LogP contribution < -0.4 is 0 Å². The van der Waals surface area contributed by atoms with Crippen LogP contribution in [0, 0.1) is 11.7 Å². The van der Waals surface area contributed by atoms with Crippen molar-refractivity contribution in [3.05, 3.63) is 35.6 Å². The molecule has 6 heteroatoms. The molecule has 2 heterocycles. The third-order valence-corrected chi connectivity index (χ3v) is 4.72. The lowest BCUT2D eigenvalue weighted by molar-refractivity contribution is -0.149. The van der Waals surface area contributed by atoms with Crippen LogP contribution in [0.1, 0.15) is 24.4 Å². The van der Waals surface area contributed by atoms with Crippen molar-refractivity contribution in [2.75, 3.05) is 33.4 Å². The van der Waals surface area contributed by atoms with Crippen LogP contribution in [0.15, 0.2) is 24.3 Å². The van der Waals surface area contributed by atoms with Gasteiger partial charge in [0.05, 0.1) is 25.2 Å². The smallest absolute Gasteiger partial charge is 0.228 e. The van der Waals surface area contributed by atoms with Gasteiger partial charge in [0.15, 0.2) is 0 Å². The van der Waals surface area contributed by atoms with Gasteiger partial charge in [0.25, 0.3) is 0 Å². The van der Waals surface area contributed by atoms with Crippen LogP contribution in [-0.4, -0.2) is 55.0 Å². The number of hydrogen-bond donors (Lipinski definition) is 0. The van der Waals surface area contributed by atoms with Crippen LogP contribution in [0.2, 0.25) is 0 Å². The van der Waals surface area contributed by atoms with Crippen molar-refractivity contribution >= 4 is 11.8 Å². The molecule has 0 saturated carbocycles. The van der Waals surface area contributed by atoms with Gasteiger partial charge in [-0.3, -0.25) is 9.59 Å². The first-order valence-electron chi connectivity index (χ1n) is 7.96. The molecule has 2 aliphatic rings. The fourth-order valence-corrected chi connectivity index (χ4v) is 3.46. The van der Waals surface area contributed by atoms with E-state index in [0.717, 1.165) is 0 Å². The first-order chi connectivity index (χ1) is 11.1. The Morgan fingerprint density at radius 3 is 2.65 bits per heavy atom. The van der Waals surface area contributed by atoms with E-state index in [4.69, 9.17) is 4.74 Å². The van der Waals surface area contributed by atoms with Gasteiger partial charge < -0.3 is 14.5 Å². The maximum Gasteiger partial charge on any atom is 0.228 e. The van der Waals surface area contributed by atoms with Crippen LogP contribution in [0.4, 0.5) is 4.39 Å². The molecule has 0 spiro atoms. The summed E-state index contributed by atoms with van der Waals surface area (Å²) in [6.45, 7) is 2.16. The molecule has 1 aromatic carbocycles. The van der Waals surface area contributed by atoms with Gasteiger partial charge in [0, 0.05) is 32.1 Å². The van der Waals surface area contributed by atoms with Gasteiger partial charge in [0.1, 0.15) is 5.82 Å². The van der Waals surface area contributed by atoms with Gasteiger partial charge in [-0.25, -0.2) is 4.39 Å². The molecular weight excluding hydrogens is 299 g/mol.